The summed E-state index contributed by atoms with van der Waals surface area (Å²) >= 11 is 1.45. The molecule has 1 nitrogen and oxygen atoms in total. The van der Waals surface area contributed by atoms with Gasteiger partial charge in [0.25, 0.3) is 0 Å². The number of aliphatic hydroxyl groups excluding tert-OH is 1. The molecule has 0 aliphatic rings. The highest BCUT2D eigenvalue weighted by molar-refractivity contribution is 7.98. The fourth-order valence-electron chi connectivity index (χ4n) is 1.47. The number of thioether (sulfide) groups is 1. The third-order valence-corrected chi connectivity index (χ3v) is 2.93. The summed E-state index contributed by atoms with van der Waals surface area (Å²) in [4.78, 5) is 0. The Labute approximate surface area is 96.7 Å². The summed E-state index contributed by atoms with van der Waals surface area (Å²) in [5.41, 5.74) is 0.351. The molecule has 0 saturated carbocycles. The average Bonchev–Trinajstić information content (AvgIpc) is 2.16. The summed E-state index contributed by atoms with van der Waals surface area (Å²) in [5, 5.41) is 9.69. The molecule has 1 N–H and O–H groups in total. The van der Waals surface area contributed by atoms with Crippen molar-refractivity contribution in [2.75, 3.05) is 12.0 Å². The Morgan fingerprint density at radius 2 is 2.00 bits per heavy atom. The van der Waals surface area contributed by atoms with E-state index in [0.717, 1.165) is 12.1 Å². The number of hydrogen-bond acceptors (Lipinski definition) is 2. The minimum Gasteiger partial charge on any atom is -0.388 e. The summed E-state index contributed by atoms with van der Waals surface area (Å²) < 4.78 is 37.1. The van der Waals surface area contributed by atoms with Crippen LogP contribution in [0.5, 0.6) is 0 Å². The molecule has 0 radical (unpaired) electrons. The Kier molecular flexibility index (Phi) is 4.27. The minimum absolute atomic E-state index is 0.469. The van der Waals surface area contributed by atoms with E-state index in [0.29, 0.717) is 16.9 Å². The summed E-state index contributed by atoms with van der Waals surface area (Å²) in [5.74, 6) is 0.478. The second kappa shape index (κ2) is 5.10. The van der Waals surface area contributed by atoms with Crippen LogP contribution in [0.1, 0.15) is 22.8 Å². The van der Waals surface area contributed by atoms with Crippen LogP contribution in [0.3, 0.4) is 0 Å². The largest absolute Gasteiger partial charge is 0.416 e. The van der Waals surface area contributed by atoms with E-state index in [1.165, 1.54) is 17.8 Å². The molecule has 0 heterocycles. The van der Waals surface area contributed by atoms with Crippen LogP contribution < -0.4 is 0 Å². The van der Waals surface area contributed by atoms with Crippen molar-refractivity contribution in [2.45, 2.75) is 19.2 Å². The van der Waals surface area contributed by atoms with Crippen molar-refractivity contribution < 1.29 is 18.3 Å². The summed E-state index contributed by atoms with van der Waals surface area (Å²) in [6, 6.07) is 3.42. The zero-order valence-corrected chi connectivity index (χ0v) is 9.82. The van der Waals surface area contributed by atoms with Crippen molar-refractivity contribution in [3.05, 3.63) is 34.9 Å². The van der Waals surface area contributed by atoms with Gasteiger partial charge in [0.15, 0.2) is 0 Å². The zero-order chi connectivity index (χ0) is 12.3. The first kappa shape index (κ1) is 13.4. The molecule has 1 unspecified atom stereocenters. The predicted molar refractivity (Wildman–Crippen MR) is 59.5 cm³/mol. The molecular formula is C11H13F3OS. The second-order valence-corrected chi connectivity index (χ2v) is 4.45. The fourth-order valence-corrected chi connectivity index (χ4v) is 1.97. The Morgan fingerprint density at radius 3 is 2.44 bits per heavy atom. The Morgan fingerprint density at radius 1 is 1.38 bits per heavy atom. The Balaban J connectivity index is 3.00. The molecule has 0 aromatic heterocycles. The first-order valence-corrected chi connectivity index (χ1v) is 6.10. The van der Waals surface area contributed by atoms with Crippen LogP contribution in [0.15, 0.2) is 18.2 Å². The van der Waals surface area contributed by atoms with Crippen molar-refractivity contribution in [3.8, 4) is 0 Å². The monoisotopic (exact) mass is 250 g/mol. The van der Waals surface area contributed by atoms with E-state index in [9.17, 15) is 18.3 Å². The second-order valence-electron chi connectivity index (χ2n) is 3.54. The lowest BCUT2D eigenvalue weighted by Crippen LogP contribution is -2.08. The van der Waals surface area contributed by atoms with Crippen molar-refractivity contribution in [1.29, 1.82) is 0 Å². The molecule has 0 spiro atoms. The van der Waals surface area contributed by atoms with Gasteiger partial charge in [-0.3, -0.25) is 0 Å². The smallest absolute Gasteiger partial charge is 0.388 e. The van der Waals surface area contributed by atoms with Crippen LogP contribution in [-0.4, -0.2) is 17.1 Å². The van der Waals surface area contributed by atoms with Gasteiger partial charge >= 0.3 is 6.18 Å². The van der Waals surface area contributed by atoms with Gasteiger partial charge in [0.1, 0.15) is 0 Å². The van der Waals surface area contributed by atoms with Crippen LogP contribution in [0.4, 0.5) is 13.2 Å². The highest BCUT2D eigenvalue weighted by atomic mass is 32.2. The van der Waals surface area contributed by atoms with Gasteiger partial charge in [-0.05, 0) is 36.4 Å². The van der Waals surface area contributed by atoms with E-state index < -0.39 is 17.8 Å². The molecule has 0 aliphatic heterocycles. The van der Waals surface area contributed by atoms with E-state index in [-0.39, 0.29) is 0 Å². The van der Waals surface area contributed by atoms with Gasteiger partial charge in [-0.2, -0.15) is 24.9 Å². The molecule has 1 aromatic carbocycles. The van der Waals surface area contributed by atoms with Crippen LogP contribution in [0.25, 0.3) is 0 Å². The first-order valence-electron chi connectivity index (χ1n) is 4.71. The lowest BCUT2D eigenvalue weighted by molar-refractivity contribution is -0.137. The normalized spacial score (nSPS) is 13.9. The van der Waals surface area contributed by atoms with Crippen LogP contribution in [0, 0.1) is 6.92 Å². The molecule has 1 aromatic rings. The quantitative estimate of drug-likeness (QED) is 0.887. The number of alkyl halides is 3. The predicted octanol–water partition coefficient (Wildman–Crippen LogP) is 3.41. The molecule has 1 rings (SSSR count). The Bertz CT molecular complexity index is 363. The first-order chi connectivity index (χ1) is 7.36. The maximum atomic E-state index is 12.4. The zero-order valence-electron chi connectivity index (χ0n) is 9.01. The molecule has 0 fully saturated rings. The van der Waals surface area contributed by atoms with Gasteiger partial charge in [-0.1, -0.05) is 6.07 Å². The summed E-state index contributed by atoms with van der Waals surface area (Å²) in [6.07, 6.45) is -3.20. The van der Waals surface area contributed by atoms with E-state index in [1.807, 2.05) is 6.26 Å². The molecule has 0 amide bonds. The molecule has 0 saturated heterocycles. The van der Waals surface area contributed by atoms with Crippen molar-refractivity contribution in [2.24, 2.45) is 0 Å². The number of rotatable bonds is 3. The topological polar surface area (TPSA) is 20.2 Å². The van der Waals surface area contributed by atoms with Crippen molar-refractivity contribution >= 4 is 11.8 Å². The SMILES string of the molecule is CSCC(O)c1ccc(C(F)(F)F)cc1C. The van der Waals surface area contributed by atoms with Crippen molar-refractivity contribution in [1.82, 2.24) is 0 Å². The number of hydrogen-bond donors (Lipinski definition) is 1. The van der Waals surface area contributed by atoms with Crippen LogP contribution >= 0.6 is 11.8 Å². The van der Waals surface area contributed by atoms with E-state index in [2.05, 4.69) is 0 Å². The fraction of sp³-hybridized carbons (Fsp3) is 0.455. The molecule has 16 heavy (non-hydrogen) atoms. The van der Waals surface area contributed by atoms with E-state index in [4.69, 9.17) is 0 Å². The van der Waals surface area contributed by atoms with Gasteiger partial charge in [0.2, 0.25) is 0 Å². The maximum Gasteiger partial charge on any atom is 0.416 e. The number of aryl methyl sites for hydroxylation is 1. The third-order valence-electron chi connectivity index (χ3n) is 2.28. The van der Waals surface area contributed by atoms with E-state index >= 15 is 0 Å². The molecule has 1 atom stereocenters. The minimum atomic E-state index is -4.33. The highest BCUT2D eigenvalue weighted by Crippen LogP contribution is 2.32. The average molecular weight is 250 g/mol. The number of aliphatic hydroxyl groups is 1. The van der Waals surface area contributed by atoms with Gasteiger partial charge in [0, 0.05) is 5.75 Å². The highest BCUT2D eigenvalue weighted by Gasteiger charge is 2.30. The molecule has 90 valence electrons. The lowest BCUT2D eigenvalue weighted by Gasteiger charge is -2.14. The third kappa shape index (κ3) is 3.15. The molecule has 5 heteroatoms. The van der Waals surface area contributed by atoms with E-state index in [1.54, 1.807) is 6.92 Å². The number of benzene rings is 1. The molecule has 0 aliphatic carbocycles. The van der Waals surface area contributed by atoms with Crippen LogP contribution in [-0.2, 0) is 6.18 Å². The van der Waals surface area contributed by atoms with Gasteiger partial charge in [-0.25, -0.2) is 0 Å². The summed E-state index contributed by atoms with van der Waals surface area (Å²) in [6.45, 7) is 1.58. The lowest BCUT2D eigenvalue weighted by atomic mass is 10.0. The molecular weight excluding hydrogens is 237 g/mol. The van der Waals surface area contributed by atoms with Crippen LogP contribution in [0.2, 0.25) is 0 Å². The summed E-state index contributed by atoms with van der Waals surface area (Å²) in [7, 11) is 0. The van der Waals surface area contributed by atoms with Gasteiger partial charge in [-0.15, -0.1) is 0 Å². The maximum absolute atomic E-state index is 12.4. The Hall–Kier alpha value is -0.680. The van der Waals surface area contributed by atoms with Gasteiger partial charge < -0.3 is 5.11 Å². The number of halogens is 3. The molecule has 0 bridgehead atoms. The van der Waals surface area contributed by atoms with Crippen molar-refractivity contribution in [3.63, 3.8) is 0 Å². The van der Waals surface area contributed by atoms with Gasteiger partial charge in [0.05, 0.1) is 11.7 Å². The standard InChI is InChI=1S/C11H13F3OS/c1-7-5-8(11(12,13)14)3-4-9(7)10(15)6-16-2/h3-5,10,15H,6H2,1-2H3.